The molecule has 3 nitrogen and oxygen atoms in total. The van der Waals surface area contributed by atoms with Crippen LogP contribution in [-0.2, 0) is 39.7 Å². The van der Waals surface area contributed by atoms with Crippen molar-refractivity contribution < 1.29 is 4.57 Å². The second-order valence-corrected chi connectivity index (χ2v) is 24.6. The molecule has 3 aliphatic carbocycles. The summed E-state index contributed by atoms with van der Waals surface area (Å²) in [5.74, 6) is 0. The molecule has 2 heterocycles. The van der Waals surface area contributed by atoms with Crippen molar-refractivity contribution in [3.63, 3.8) is 0 Å². The number of imidazole rings is 1. The van der Waals surface area contributed by atoms with E-state index in [9.17, 15) is 0 Å². The van der Waals surface area contributed by atoms with Crippen molar-refractivity contribution in [3.05, 3.63) is 297 Å². The van der Waals surface area contributed by atoms with Gasteiger partial charge >= 0.3 is 0 Å². The van der Waals surface area contributed by atoms with Crippen molar-refractivity contribution in [3.8, 4) is 33.4 Å². The van der Waals surface area contributed by atoms with E-state index in [-0.39, 0.29) is 16.2 Å². The Balaban J connectivity index is 1.14. The molecule has 0 radical (unpaired) electrons. The van der Waals surface area contributed by atoms with Crippen LogP contribution in [0.5, 0.6) is 0 Å². The molecular weight excluding hydrogens is 907 g/mol. The second-order valence-electron chi connectivity index (χ2n) is 24.6. The van der Waals surface area contributed by atoms with E-state index >= 15 is 0 Å². The molecule has 0 amide bonds. The third kappa shape index (κ3) is 6.59. The highest BCUT2D eigenvalue weighted by Crippen LogP contribution is 2.61. The Labute approximate surface area is 444 Å². The quantitative estimate of drug-likeness (QED) is 0.120. The first kappa shape index (κ1) is 46.9. The molecule has 0 saturated carbocycles. The zero-order chi connectivity index (χ0) is 51.9. The first-order valence-electron chi connectivity index (χ1n) is 26.8. The highest BCUT2D eigenvalue weighted by Gasteiger charge is 2.53. The fraction of sp³-hybridized carbons (Fsp3) is 0.222. The molecule has 0 aliphatic heterocycles. The molecule has 0 N–H and O–H groups in total. The van der Waals surface area contributed by atoms with Crippen LogP contribution >= 0.6 is 0 Å². The number of aryl methyl sites for hydroxylation is 1. The Kier molecular flexibility index (Phi) is 10.2. The van der Waals surface area contributed by atoms with E-state index in [0.29, 0.717) is 0 Å². The number of aromatic nitrogens is 3. The highest BCUT2D eigenvalue weighted by atomic mass is 15.2. The predicted octanol–water partition coefficient (Wildman–Crippen LogP) is 15.9. The summed E-state index contributed by atoms with van der Waals surface area (Å²) >= 11 is 0. The summed E-state index contributed by atoms with van der Waals surface area (Å²) in [4.78, 5) is 5.33. The van der Waals surface area contributed by atoms with Gasteiger partial charge in [0, 0.05) is 22.9 Å². The van der Waals surface area contributed by atoms with Gasteiger partial charge in [0.1, 0.15) is 0 Å². The average Bonchev–Trinajstić information content (AvgIpc) is 4.14. The number of fused-ring (bicyclic) bond motifs is 9. The van der Waals surface area contributed by atoms with Crippen LogP contribution < -0.4 is 4.57 Å². The van der Waals surface area contributed by atoms with Gasteiger partial charge in [-0.3, -0.25) is 4.98 Å². The maximum atomic E-state index is 5.33. The minimum Gasteiger partial charge on any atom is -0.354 e. The maximum absolute atomic E-state index is 5.33. The van der Waals surface area contributed by atoms with Crippen molar-refractivity contribution in [2.75, 3.05) is 0 Å². The van der Waals surface area contributed by atoms with Gasteiger partial charge in [-0.05, 0) is 136 Å². The van der Waals surface area contributed by atoms with E-state index < -0.39 is 16.4 Å². The summed E-state index contributed by atoms with van der Waals surface area (Å²) in [6.07, 6.45) is 10.1. The average molecular weight is 972 g/mol. The van der Waals surface area contributed by atoms with Crippen molar-refractivity contribution in [2.24, 2.45) is 7.05 Å². The first-order chi connectivity index (χ1) is 36.0. The van der Waals surface area contributed by atoms with Crippen LogP contribution in [0, 0.1) is 6.33 Å². The van der Waals surface area contributed by atoms with E-state index in [1.807, 2.05) is 12.3 Å². The normalized spacial score (nSPS) is 19.2. The Bertz CT molecular complexity index is 3930. The van der Waals surface area contributed by atoms with Gasteiger partial charge in [-0.1, -0.05) is 238 Å². The summed E-state index contributed by atoms with van der Waals surface area (Å²) < 4.78 is 4.39. The number of hydrogen-bond donors (Lipinski definition) is 0. The molecule has 3 aliphatic rings. The summed E-state index contributed by atoms with van der Waals surface area (Å²) in [6, 6.07) is 74.9. The van der Waals surface area contributed by atoms with Crippen molar-refractivity contribution in [2.45, 2.75) is 94.9 Å². The summed E-state index contributed by atoms with van der Waals surface area (Å²) in [7, 11) is 2.08. The molecule has 0 spiro atoms. The fourth-order valence-electron chi connectivity index (χ4n) is 13.6. The zero-order valence-electron chi connectivity index (χ0n) is 45.0. The zero-order valence-corrected chi connectivity index (χ0v) is 45.0. The monoisotopic (exact) mass is 972 g/mol. The molecule has 3 atom stereocenters. The van der Waals surface area contributed by atoms with Crippen molar-refractivity contribution in [1.29, 1.82) is 0 Å². The lowest BCUT2D eigenvalue weighted by atomic mass is 9.64. The van der Waals surface area contributed by atoms with Gasteiger partial charge in [-0.15, -0.1) is 0 Å². The number of hydrogen-bond acceptors (Lipinski definition) is 1. The lowest BCUT2D eigenvalue weighted by molar-refractivity contribution is -0.675. The fourth-order valence-corrected chi connectivity index (χ4v) is 13.6. The van der Waals surface area contributed by atoms with Crippen molar-refractivity contribution in [1.82, 2.24) is 9.55 Å². The summed E-state index contributed by atoms with van der Waals surface area (Å²) in [6.45, 7) is 20.9. The largest absolute Gasteiger partial charge is 0.354 e. The van der Waals surface area contributed by atoms with Gasteiger partial charge in [0.2, 0.25) is 6.33 Å². The Hall–Kier alpha value is -7.88. The van der Waals surface area contributed by atoms with Crippen LogP contribution in [0.3, 0.4) is 0 Å². The molecular formula is C72H65N3. The molecule has 0 bridgehead atoms. The second kappa shape index (κ2) is 16.3. The molecule has 2 aromatic heterocycles. The van der Waals surface area contributed by atoms with Gasteiger partial charge in [0.05, 0.1) is 23.6 Å². The Morgan fingerprint density at radius 2 is 0.787 bits per heavy atom. The number of pyridine rings is 1. The predicted molar refractivity (Wildman–Crippen MR) is 307 cm³/mol. The number of nitrogens with zero attached hydrogens (tertiary/aromatic N) is 3. The molecule has 0 fully saturated rings. The van der Waals surface area contributed by atoms with Crippen LogP contribution in [0.25, 0.3) is 33.4 Å². The molecule has 368 valence electrons. The van der Waals surface area contributed by atoms with Crippen LogP contribution in [0.2, 0.25) is 0 Å². The topological polar surface area (TPSA) is 21.7 Å². The third-order valence-electron chi connectivity index (χ3n) is 17.3. The molecule has 13 rings (SSSR count). The van der Waals surface area contributed by atoms with Crippen LogP contribution in [-0.4, -0.2) is 9.55 Å². The minimum atomic E-state index is -0.736. The molecule has 75 heavy (non-hydrogen) atoms. The Morgan fingerprint density at radius 3 is 1.29 bits per heavy atom. The smallest absolute Gasteiger partial charge is 0.204 e. The van der Waals surface area contributed by atoms with E-state index in [1.54, 1.807) is 0 Å². The molecule has 3 heteroatoms. The SMILES string of the molecule is C[n+]1[c-]n(C2(c3cccc(C4(c5cccc(C6(c7ccccn7)c7ccccc7-c7cc(C(C)(C)C)ccc76)c5)c5ccccc5-c5cc(C(C)(C)C)ccc54)c3)c3ccccc3-c3cc(C(C)(C)C)ccc32)cc1. The van der Waals surface area contributed by atoms with Gasteiger partial charge < -0.3 is 9.13 Å². The molecule has 0 saturated heterocycles. The molecule has 10 aromatic rings. The van der Waals surface area contributed by atoms with Crippen LogP contribution in [0.15, 0.2) is 213 Å². The van der Waals surface area contributed by atoms with Crippen molar-refractivity contribution >= 4 is 0 Å². The van der Waals surface area contributed by atoms with E-state index in [4.69, 9.17) is 4.98 Å². The van der Waals surface area contributed by atoms with E-state index in [2.05, 4.69) is 285 Å². The van der Waals surface area contributed by atoms with Gasteiger partial charge in [0.25, 0.3) is 0 Å². The molecule has 3 unspecified atom stereocenters. The highest BCUT2D eigenvalue weighted by molar-refractivity contribution is 5.90. The minimum absolute atomic E-state index is 0.0225. The Morgan fingerprint density at radius 1 is 0.387 bits per heavy atom. The standard InChI is InChI=1S/C72H65N3/c1-67(2,3)47-32-35-62-57(43-47)54-25-11-14-28-60(54)70(62,50-21-19-23-52(41-50)71(66-31-17-18-38-73-66)61-29-15-12-26-55(61)58-44-48(68(4,5)6)33-36-63(58)71)51-22-20-24-53(42-51)72(75-40-39-74(10)46-75)64-30-16-13-27-56(64)59-45-49(69(7,8)9)34-37-65(59)72/h11-45H,1-10H3. The van der Waals surface area contributed by atoms with E-state index in [1.165, 1.54) is 106 Å². The summed E-state index contributed by atoms with van der Waals surface area (Å²) in [5.41, 5.74) is 22.7. The lowest BCUT2D eigenvalue weighted by Crippen LogP contribution is -2.38. The lowest BCUT2D eigenvalue weighted by Gasteiger charge is -2.38. The summed E-state index contributed by atoms with van der Waals surface area (Å²) in [5, 5.41) is 0. The van der Waals surface area contributed by atoms with Gasteiger partial charge in [-0.25, -0.2) is 0 Å². The first-order valence-corrected chi connectivity index (χ1v) is 26.8. The van der Waals surface area contributed by atoms with Crippen LogP contribution in [0.4, 0.5) is 0 Å². The van der Waals surface area contributed by atoms with Gasteiger partial charge in [-0.2, -0.15) is 0 Å². The molecule has 8 aromatic carbocycles. The van der Waals surface area contributed by atoms with Gasteiger partial charge in [0.15, 0.2) is 5.54 Å². The van der Waals surface area contributed by atoms with Crippen LogP contribution in [0.1, 0.15) is 140 Å². The number of rotatable bonds is 6. The van der Waals surface area contributed by atoms with E-state index in [0.717, 1.165) is 5.69 Å². The maximum Gasteiger partial charge on any atom is 0.204 e. The third-order valence-corrected chi connectivity index (χ3v) is 17.3. The number of benzene rings is 8.